The van der Waals surface area contributed by atoms with Gasteiger partial charge in [0.15, 0.2) is 5.65 Å². The summed E-state index contributed by atoms with van der Waals surface area (Å²) in [6, 6.07) is 12.6. The molecule has 0 radical (unpaired) electrons. The fourth-order valence-corrected chi connectivity index (χ4v) is 5.09. The van der Waals surface area contributed by atoms with E-state index in [-0.39, 0.29) is 5.82 Å². The first-order valence-corrected chi connectivity index (χ1v) is 12.2. The van der Waals surface area contributed by atoms with Crippen LogP contribution in [0.4, 0.5) is 10.2 Å². The van der Waals surface area contributed by atoms with Crippen LogP contribution in [0.2, 0.25) is 0 Å². The van der Waals surface area contributed by atoms with E-state index >= 15 is 0 Å². The first-order chi connectivity index (χ1) is 17.5. The molecule has 184 valence electrons. The molecule has 0 atom stereocenters. The van der Waals surface area contributed by atoms with Crippen LogP contribution in [0.5, 0.6) is 5.75 Å². The number of benzene rings is 1. The molecule has 1 saturated heterocycles. The second-order valence-electron chi connectivity index (χ2n) is 9.37. The molecule has 0 spiro atoms. The number of H-pyrrole nitrogens is 1. The fourth-order valence-electron chi connectivity index (χ4n) is 5.09. The Bertz CT molecular complexity index is 1520. The average Bonchev–Trinajstić information content (AvgIpc) is 3.46. The summed E-state index contributed by atoms with van der Waals surface area (Å²) in [7, 11) is 0. The van der Waals surface area contributed by atoms with E-state index in [0.717, 1.165) is 39.2 Å². The highest BCUT2D eigenvalue weighted by molar-refractivity contribution is 6.00. The Balaban J connectivity index is 1.23. The van der Waals surface area contributed by atoms with Crippen LogP contribution in [0.3, 0.4) is 0 Å². The Hall–Kier alpha value is -3.98. The lowest BCUT2D eigenvalue weighted by molar-refractivity contribution is 0.0164. The molecule has 8 nitrogen and oxygen atoms in total. The van der Waals surface area contributed by atoms with Crippen molar-refractivity contribution >= 4 is 22.4 Å². The molecule has 1 aliphatic heterocycles. The van der Waals surface area contributed by atoms with Crippen LogP contribution in [-0.2, 0) is 6.42 Å². The molecule has 5 aromatic rings. The van der Waals surface area contributed by atoms with Gasteiger partial charge in [-0.1, -0.05) is 12.1 Å². The molecule has 0 amide bonds. The van der Waals surface area contributed by atoms with Crippen LogP contribution >= 0.6 is 0 Å². The van der Waals surface area contributed by atoms with Gasteiger partial charge in [-0.15, -0.1) is 5.10 Å². The predicted octanol–water partition coefficient (Wildman–Crippen LogP) is 4.38. The lowest BCUT2D eigenvalue weighted by atomic mass is 9.85. The van der Waals surface area contributed by atoms with Crippen molar-refractivity contribution in [3.8, 4) is 16.9 Å². The third-order valence-electron chi connectivity index (χ3n) is 6.91. The topological polar surface area (TPSA) is 91.6 Å². The Labute approximate surface area is 207 Å². The number of ether oxygens (including phenoxy) is 1. The smallest absolute Gasteiger partial charge is 0.178 e. The van der Waals surface area contributed by atoms with Crippen molar-refractivity contribution in [1.29, 1.82) is 0 Å². The molecule has 9 heteroatoms. The van der Waals surface area contributed by atoms with Gasteiger partial charge in [0.2, 0.25) is 0 Å². The van der Waals surface area contributed by atoms with Gasteiger partial charge < -0.3 is 14.7 Å². The van der Waals surface area contributed by atoms with Crippen LogP contribution in [0.1, 0.15) is 25.3 Å². The molecule has 4 aromatic heterocycles. The number of hydrogen-bond donors (Lipinski definition) is 2. The minimum absolute atomic E-state index is 0.272. The van der Waals surface area contributed by atoms with Gasteiger partial charge in [-0.25, -0.2) is 13.9 Å². The standard InChI is InChI=1S/C27H27FN6O2/c1-2-36-21-13-22(25-23-16-30-31-26(23)32-34(25)17-21)19-6-7-24(29-15-19)33-10-8-27(35,9-11-33)14-18-4-3-5-20(28)12-18/h3-7,12-13,15-17,35H,2,8-11,14H2,1H3,(H,31,32). The highest BCUT2D eigenvalue weighted by Crippen LogP contribution is 2.34. The quantitative estimate of drug-likeness (QED) is 0.370. The first kappa shape index (κ1) is 22.5. The Morgan fingerprint density at radius 1 is 1.14 bits per heavy atom. The van der Waals surface area contributed by atoms with Crippen molar-refractivity contribution in [2.24, 2.45) is 0 Å². The molecule has 6 rings (SSSR count). The minimum Gasteiger partial charge on any atom is -0.492 e. The molecule has 0 unspecified atom stereocenters. The molecule has 1 aliphatic rings. The van der Waals surface area contributed by atoms with Crippen LogP contribution in [0.15, 0.2) is 61.1 Å². The average molecular weight is 487 g/mol. The lowest BCUT2D eigenvalue weighted by Gasteiger charge is -2.39. The second kappa shape index (κ2) is 8.91. The third-order valence-corrected chi connectivity index (χ3v) is 6.91. The SMILES string of the molecule is CCOc1cc(-c2ccc(N3CCC(O)(Cc4cccc(F)c4)CC3)nc2)c2c3cn[nH]c3nn2c1. The number of aromatic amines is 1. The van der Waals surface area contributed by atoms with Gasteiger partial charge in [0.05, 0.1) is 35.5 Å². The molecular weight excluding hydrogens is 459 g/mol. The molecule has 0 saturated carbocycles. The van der Waals surface area contributed by atoms with Crippen molar-refractivity contribution in [2.75, 3.05) is 24.6 Å². The molecule has 5 heterocycles. The normalized spacial score (nSPS) is 15.6. The summed E-state index contributed by atoms with van der Waals surface area (Å²) < 4.78 is 21.2. The van der Waals surface area contributed by atoms with Crippen molar-refractivity contribution in [3.05, 3.63) is 72.4 Å². The summed E-state index contributed by atoms with van der Waals surface area (Å²) in [5.74, 6) is 1.33. The number of nitrogens with one attached hydrogen (secondary N) is 1. The number of pyridine rings is 2. The molecule has 1 aromatic carbocycles. The van der Waals surface area contributed by atoms with Crippen molar-refractivity contribution in [2.45, 2.75) is 31.8 Å². The summed E-state index contributed by atoms with van der Waals surface area (Å²) >= 11 is 0. The monoisotopic (exact) mass is 486 g/mol. The number of fused-ring (bicyclic) bond motifs is 3. The van der Waals surface area contributed by atoms with Gasteiger partial charge in [0.1, 0.15) is 17.4 Å². The number of hydrogen-bond acceptors (Lipinski definition) is 6. The van der Waals surface area contributed by atoms with Gasteiger partial charge >= 0.3 is 0 Å². The van der Waals surface area contributed by atoms with Gasteiger partial charge in [-0.05, 0) is 55.7 Å². The van der Waals surface area contributed by atoms with Crippen LogP contribution < -0.4 is 9.64 Å². The number of piperidine rings is 1. The lowest BCUT2D eigenvalue weighted by Crippen LogP contribution is -2.46. The van der Waals surface area contributed by atoms with Gasteiger partial charge in [0, 0.05) is 36.8 Å². The number of aromatic nitrogens is 5. The number of aliphatic hydroxyl groups is 1. The number of rotatable bonds is 6. The third kappa shape index (κ3) is 4.15. The van der Waals surface area contributed by atoms with Crippen LogP contribution in [0.25, 0.3) is 27.7 Å². The molecule has 0 aliphatic carbocycles. The van der Waals surface area contributed by atoms with E-state index < -0.39 is 5.60 Å². The predicted molar refractivity (Wildman–Crippen MR) is 136 cm³/mol. The Kier molecular flexibility index (Phi) is 5.56. The Morgan fingerprint density at radius 3 is 2.75 bits per heavy atom. The van der Waals surface area contributed by atoms with Crippen molar-refractivity contribution < 1.29 is 14.2 Å². The largest absolute Gasteiger partial charge is 0.492 e. The van der Waals surface area contributed by atoms with E-state index in [0.29, 0.717) is 44.6 Å². The summed E-state index contributed by atoms with van der Waals surface area (Å²) in [5.41, 5.74) is 3.55. The zero-order valence-electron chi connectivity index (χ0n) is 20.0. The summed E-state index contributed by atoms with van der Waals surface area (Å²) in [4.78, 5) is 6.94. The highest BCUT2D eigenvalue weighted by Gasteiger charge is 2.33. The molecule has 2 N–H and O–H groups in total. The van der Waals surface area contributed by atoms with Gasteiger partial charge in [-0.2, -0.15) is 5.10 Å². The van der Waals surface area contributed by atoms with Gasteiger partial charge in [0.25, 0.3) is 0 Å². The van der Waals surface area contributed by atoms with E-state index in [1.807, 2.05) is 42.0 Å². The number of nitrogens with zero attached hydrogens (tertiary/aromatic N) is 5. The van der Waals surface area contributed by atoms with Gasteiger partial charge in [-0.3, -0.25) is 5.10 Å². The number of halogens is 1. The maximum Gasteiger partial charge on any atom is 0.178 e. The molecule has 0 bridgehead atoms. The molecule has 36 heavy (non-hydrogen) atoms. The first-order valence-electron chi connectivity index (χ1n) is 12.2. The fraction of sp³-hybridized carbons (Fsp3) is 0.296. The van der Waals surface area contributed by atoms with Crippen molar-refractivity contribution in [3.63, 3.8) is 0 Å². The zero-order chi connectivity index (χ0) is 24.7. The summed E-state index contributed by atoms with van der Waals surface area (Å²) in [6.45, 7) is 3.87. The van der Waals surface area contributed by atoms with E-state index in [4.69, 9.17) is 9.72 Å². The van der Waals surface area contributed by atoms with E-state index in [1.54, 1.807) is 12.3 Å². The minimum atomic E-state index is -0.840. The zero-order valence-corrected chi connectivity index (χ0v) is 20.0. The molecular formula is C27H27FN6O2. The summed E-state index contributed by atoms with van der Waals surface area (Å²) in [5, 5.41) is 23.7. The van der Waals surface area contributed by atoms with Crippen molar-refractivity contribution in [1.82, 2.24) is 24.8 Å². The number of anilines is 1. The molecule has 1 fully saturated rings. The Morgan fingerprint density at radius 2 is 2.00 bits per heavy atom. The summed E-state index contributed by atoms with van der Waals surface area (Å²) in [6.07, 6.45) is 7.16. The van der Waals surface area contributed by atoms with E-state index in [9.17, 15) is 9.50 Å². The van der Waals surface area contributed by atoms with E-state index in [2.05, 4.69) is 26.3 Å². The highest BCUT2D eigenvalue weighted by atomic mass is 19.1. The maximum absolute atomic E-state index is 13.6. The van der Waals surface area contributed by atoms with Crippen LogP contribution in [-0.4, -0.2) is 55.2 Å². The van der Waals surface area contributed by atoms with Crippen LogP contribution in [0, 0.1) is 5.82 Å². The maximum atomic E-state index is 13.6. The second-order valence-corrected chi connectivity index (χ2v) is 9.37. The van der Waals surface area contributed by atoms with E-state index in [1.165, 1.54) is 12.1 Å².